The van der Waals surface area contributed by atoms with Crippen molar-refractivity contribution in [3.63, 3.8) is 0 Å². The number of hydrogen-bond acceptors (Lipinski definition) is 5. The molecule has 2 saturated heterocycles. The summed E-state index contributed by atoms with van der Waals surface area (Å²) >= 11 is 12.7. The molecule has 0 spiro atoms. The lowest BCUT2D eigenvalue weighted by Crippen LogP contribution is -2.56. The van der Waals surface area contributed by atoms with Gasteiger partial charge in [0.25, 0.3) is 5.91 Å². The highest BCUT2D eigenvalue weighted by molar-refractivity contribution is 6.42. The van der Waals surface area contributed by atoms with Gasteiger partial charge in [0.05, 0.1) is 29.8 Å². The number of piperidine rings is 1. The predicted octanol–water partition coefficient (Wildman–Crippen LogP) is 6.37. The normalized spacial score (nSPS) is 23.4. The van der Waals surface area contributed by atoms with Gasteiger partial charge in [-0.3, -0.25) is 14.5 Å². The number of amides is 1. The molecule has 9 heteroatoms. The number of ether oxygens (including phenoxy) is 2. The molecule has 4 atom stereocenters. The zero-order valence-corrected chi connectivity index (χ0v) is 25.6. The van der Waals surface area contributed by atoms with Crippen molar-refractivity contribution in [2.75, 3.05) is 40.4 Å². The van der Waals surface area contributed by atoms with E-state index in [0.29, 0.717) is 59.7 Å². The van der Waals surface area contributed by atoms with Crippen LogP contribution in [0.1, 0.15) is 47.2 Å². The number of hydrogen-bond donors (Lipinski definition) is 1. The van der Waals surface area contributed by atoms with Gasteiger partial charge in [-0.15, -0.1) is 0 Å². The average molecular weight is 612 g/mol. The summed E-state index contributed by atoms with van der Waals surface area (Å²) in [5, 5.41) is 11.6. The third kappa shape index (κ3) is 5.58. The summed E-state index contributed by atoms with van der Waals surface area (Å²) in [5.41, 5.74) is 1.03. The van der Waals surface area contributed by atoms with Gasteiger partial charge in [-0.25, -0.2) is 0 Å². The second-order valence-electron chi connectivity index (χ2n) is 11.2. The fourth-order valence-electron chi connectivity index (χ4n) is 6.73. The first-order chi connectivity index (χ1) is 20.2. The second-order valence-corrected chi connectivity index (χ2v) is 12.0. The number of carbonyl (C=O) groups is 2. The van der Waals surface area contributed by atoms with Gasteiger partial charge in [0.15, 0.2) is 0 Å². The highest BCUT2D eigenvalue weighted by Crippen LogP contribution is 2.47. The Bertz CT molecular complexity index is 1450. The molecule has 3 aromatic rings. The molecule has 0 aliphatic carbocycles. The molecule has 0 aromatic heterocycles. The Kier molecular flexibility index (Phi) is 9.02. The van der Waals surface area contributed by atoms with Gasteiger partial charge in [-0.05, 0) is 67.6 Å². The smallest absolute Gasteiger partial charge is 0.314 e. The molecule has 5 rings (SSSR count). The molecule has 42 heavy (non-hydrogen) atoms. The Balaban J connectivity index is 1.39. The van der Waals surface area contributed by atoms with Crippen LogP contribution in [0.3, 0.4) is 0 Å². The van der Waals surface area contributed by atoms with E-state index in [1.54, 1.807) is 38.5 Å². The van der Waals surface area contributed by atoms with Crippen molar-refractivity contribution in [1.82, 2.24) is 9.80 Å². The van der Waals surface area contributed by atoms with E-state index in [1.807, 2.05) is 47.4 Å². The molecular weight excluding hydrogens is 575 g/mol. The number of rotatable bonds is 8. The third-order valence-electron chi connectivity index (χ3n) is 9.23. The van der Waals surface area contributed by atoms with Crippen molar-refractivity contribution < 1.29 is 24.2 Å². The van der Waals surface area contributed by atoms with Crippen LogP contribution in [0.25, 0.3) is 0 Å². The van der Waals surface area contributed by atoms with Gasteiger partial charge in [-0.2, -0.15) is 0 Å². The molecule has 2 aliphatic rings. The molecule has 2 heterocycles. The summed E-state index contributed by atoms with van der Waals surface area (Å²) in [6.45, 7) is 4.62. The molecule has 4 unspecified atom stereocenters. The summed E-state index contributed by atoms with van der Waals surface area (Å²) in [6, 6.07) is 20.3. The first-order valence-corrected chi connectivity index (χ1v) is 14.9. The SMILES string of the molecule is COc1ccc(C(=O)N2CCC(C(C)N3CCC(C(=O)O)(c4ccccc4)C(c4ccc(Cl)c(Cl)c4)C3)C2)c(OC)c1. The summed E-state index contributed by atoms with van der Waals surface area (Å²) in [6.07, 6.45) is 1.31. The number of methoxy groups -OCH3 is 2. The Morgan fingerprint density at radius 1 is 0.952 bits per heavy atom. The zero-order chi connectivity index (χ0) is 30.0. The minimum Gasteiger partial charge on any atom is -0.497 e. The molecule has 2 aliphatic heterocycles. The molecule has 222 valence electrons. The number of carboxylic acids is 1. The van der Waals surface area contributed by atoms with Crippen LogP contribution in [0.2, 0.25) is 10.0 Å². The van der Waals surface area contributed by atoms with Crippen molar-refractivity contribution >= 4 is 35.1 Å². The van der Waals surface area contributed by atoms with E-state index < -0.39 is 11.4 Å². The van der Waals surface area contributed by atoms with Crippen molar-refractivity contribution in [1.29, 1.82) is 0 Å². The van der Waals surface area contributed by atoms with Gasteiger partial charge in [0.1, 0.15) is 16.9 Å². The fraction of sp³-hybridized carbons (Fsp3) is 0.394. The maximum absolute atomic E-state index is 13.5. The van der Waals surface area contributed by atoms with E-state index in [1.165, 1.54) is 0 Å². The van der Waals surface area contributed by atoms with Gasteiger partial charge >= 0.3 is 5.97 Å². The van der Waals surface area contributed by atoms with Crippen molar-refractivity contribution in [3.05, 3.63) is 93.5 Å². The van der Waals surface area contributed by atoms with E-state index in [4.69, 9.17) is 32.7 Å². The molecular formula is C33H36Cl2N2O5. The minimum atomic E-state index is -1.11. The number of aliphatic carboxylic acids is 1. The summed E-state index contributed by atoms with van der Waals surface area (Å²) < 4.78 is 10.8. The van der Waals surface area contributed by atoms with Crippen LogP contribution < -0.4 is 9.47 Å². The zero-order valence-electron chi connectivity index (χ0n) is 24.1. The first kappa shape index (κ1) is 30.2. The van der Waals surface area contributed by atoms with Gasteiger partial charge in [0, 0.05) is 37.7 Å². The van der Waals surface area contributed by atoms with E-state index in [0.717, 1.165) is 17.5 Å². The summed E-state index contributed by atoms with van der Waals surface area (Å²) in [7, 11) is 3.13. The number of carboxylic acid groups (broad SMARTS) is 1. The molecule has 1 amide bonds. The number of halogens is 2. The van der Waals surface area contributed by atoms with Crippen molar-refractivity contribution in [3.8, 4) is 11.5 Å². The number of nitrogens with zero attached hydrogens (tertiary/aromatic N) is 2. The topological polar surface area (TPSA) is 79.3 Å². The molecule has 7 nitrogen and oxygen atoms in total. The third-order valence-corrected chi connectivity index (χ3v) is 9.97. The van der Waals surface area contributed by atoms with E-state index in [9.17, 15) is 14.7 Å². The Hall–Kier alpha value is -3.26. The maximum Gasteiger partial charge on any atom is 0.314 e. The van der Waals surface area contributed by atoms with E-state index in [2.05, 4.69) is 11.8 Å². The van der Waals surface area contributed by atoms with Crippen molar-refractivity contribution in [2.24, 2.45) is 5.92 Å². The van der Waals surface area contributed by atoms with Crippen LogP contribution in [0.4, 0.5) is 0 Å². The molecule has 3 aromatic carbocycles. The molecule has 0 radical (unpaired) electrons. The molecule has 0 bridgehead atoms. The molecule has 0 saturated carbocycles. The Morgan fingerprint density at radius 3 is 2.38 bits per heavy atom. The molecule has 1 N–H and O–H groups in total. The quantitative estimate of drug-likeness (QED) is 0.319. The van der Waals surface area contributed by atoms with Gasteiger partial charge < -0.3 is 19.5 Å². The average Bonchev–Trinajstić information content (AvgIpc) is 3.52. The number of benzene rings is 3. The van der Waals surface area contributed by atoms with Crippen LogP contribution in [-0.2, 0) is 10.2 Å². The summed E-state index contributed by atoms with van der Waals surface area (Å²) in [4.78, 5) is 30.9. The maximum atomic E-state index is 13.5. The Labute approximate surface area is 256 Å². The lowest BCUT2D eigenvalue weighted by molar-refractivity contribution is -0.147. The van der Waals surface area contributed by atoms with Crippen LogP contribution in [0.15, 0.2) is 66.7 Å². The number of likely N-dealkylation sites (tertiary alicyclic amines) is 2. The predicted molar refractivity (Wildman–Crippen MR) is 164 cm³/mol. The van der Waals surface area contributed by atoms with Gasteiger partial charge in [0.2, 0.25) is 0 Å². The first-order valence-electron chi connectivity index (χ1n) is 14.2. The molecule has 2 fully saturated rings. The highest BCUT2D eigenvalue weighted by Gasteiger charge is 2.52. The number of carbonyl (C=O) groups excluding carboxylic acids is 1. The minimum absolute atomic E-state index is 0.0644. The summed E-state index contributed by atoms with van der Waals surface area (Å²) in [5.74, 6) is 0.0922. The van der Waals surface area contributed by atoms with Gasteiger partial charge in [-0.1, -0.05) is 59.6 Å². The standard InChI is InChI=1S/C33H36Cl2N2O5/c1-21(23-13-15-37(19-23)31(38)26-11-10-25(41-2)18-30(26)42-3)36-16-14-33(32(39)40,24-7-5-4-6-8-24)27(20-36)22-9-12-28(34)29(35)17-22/h4-12,17-18,21,23,27H,13-16,19-20H2,1-3H3,(H,39,40). The van der Waals surface area contributed by atoms with Crippen LogP contribution in [-0.4, -0.2) is 73.2 Å². The lowest BCUT2D eigenvalue weighted by atomic mass is 9.63. The van der Waals surface area contributed by atoms with Crippen LogP contribution >= 0.6 is 23.2 Å². The Morgan fingerprint density at radius 2 is 1.71 bits per heavy atom. The van der Waals surface area contributed by atoms with E-state index >= 15 is 0 Å². The fourth-order valence-corrected chi connectivity index (χ4v) is 7.04. The van der Waals surface area contributed by atoms with Crippen molar-refractivity contribution in [2.45, 2.75) is 37.1 Å². The highest BCUT2D eigenvalue weighted by atomic mass is 35.5. The lowest BCUT2D eigenvalue weighted by Gasteiger charge is -2.48. The van der Waals surface area contributed by atoms with Crippen LogP contribution in [0, 0.1) is 5.92 Å². The van der Waals surface area contributed by atoms with E-state index in [-0.39, 0.29) is 23.8 Å². The monoisotopic (exact) mass is 610 g/mol. The largest absolute Gasteiger partial charge is 0.497 e. The van der Waals surface area contributed by atoms with Crippen LogP contribution in [0.5, 0.6) is 11.5 Å². The second kappa shape index (κ2) is 12.5.